The second-order valence-corrected chi connectivity index (χ2v) is 16.5. The van der Waals surface area contributed by atoms with Gasteiger partial charge >= 0.3 is 5.97 Å². The maximum Gasteiger partial charge on any atom is 0.306 e. The zero-order valence-corrected chi connectivity index (χ0v) is 38.2. The van der Waals surface area contributed by atoms with Crippen molar-refractivity contribution >= 4 is 11.9 Å². The van der Waals surface area contributed by atoms with Crippen molar-refractivity contribution in [2.24, 2.45) is 0 Å². The quantitative estimate of drug-likeness (QED) is 0.0324. The number of carbonyl (C=O) groups is 2. The number of amides is 1. The van der Waals surface area contributed by atoms with Crippen LogP contribution in [0.25, 0.3) is 0 Å². The third-order valence-electron chi connectivity index (χ3n) is 10.9. The molecule has 1 amide bonds. The predicted molar refractivity (Wildman–Crippen MR) is 250 cm³/mol. The van der Waals surface area contributed by atoms with Crippen molar-refractivity contribution in [1.82, 2.24) is 5.32 Å². The highest BCUT2D eigenvalue weighted by atomic mass is 16.5. The van der Waals surface area contributed by atoms with E-state index in [0.717, 1.165) is 70.6 Å². The van der Waals surface area contributed by atoms with E-state index < -0.39 is 18.2 Å². The van der Waals surface area contributed by atoms with Gasteiger partial charge in [-0.15, -0.1) is 0 Å². The van der Waals surface area contributed by atoms with Crippen LogP contribution < -0.4 is 5.32 Å². The van der Waals surface area contributed by atoms with Gasteiger partial charge in [0.05, 0.1) is 25.2 Å². The van der Waals surface area contributed by atoms with Gasteiger partial charge in [0.15, 0.2) is 0 Å². The molecule has 0 bridgehead atoms. The number of esters is 1. The van der Waals surface area contributed by atoms with Crippen molar-refractivity contribution in [3.8, 4) is 0 Å². The van der Waals surface area contributed by atoms with E-state index >= 15 is 0 Å². The number of ether oxygens (including phenoxy) is 1. The molecule has 6 heteroatoms. The number of hydrogen-bond acceptors (Lipinski definition) is 5. The first kappa shape index (κ1) is 55.6. The van der Waals surface area contributed by atoms with Crippen LogP contribution >= 0.6 is 0 Å². The summed E-state index contributed by atoms with van der Waals surface area (Å²) in [4.78, 5) is 26.0. The monoisotopic (exact) mass is 812 g/mol. The van der Waals surface area contributed by atoms with Crippen LogP contribution in [0.4, 0.5) is 0 Å². The van der Waals surface area contributed by atoms with E-state index in [9.17, 15) is 19.8 Å². The molecule has 3 N–H and O–H groups in total. The fraction of sp³-hybridized carbons (Fsp3) is 0.769. The van der Waals surface area contributed by atoms with Gasteiger partial charge in [-0.1, -0.05) is 223 Å². The number of carbonyl (C=O) groups excluding carboxylic acids is 2. The number of nitrogens with one attached hydrogen (secondary N) is 1. The topological polar surface area (TPSA) is 95.9 Å². The summed E-state index contributed by atoms with van der Waals surface area (Å²) in [5, 5.41) is 23.7. The molecule has 0 radical (unpaired) electrons. The van der Waals surface area contributed by atoms with E-state index in [4.69, 9.17) is 4.74 Å². The molecule has 0 heterocycles. The van der Waals surface area contributed by atoms with Gasteiger partial charge in [0.1, 0.15) is 6.10 Å². The Kier molecular flexibility index (Phi) is 43.7. The van der Waals surface area contributed by atoms with Crippen molar-refractivity contribution in [3.63, 3.8) is 0 Å². The van der Waals surface area contributed by atoms with Crippen LogP contribution in [0.2, 0.25) is 0 Å². The molecule has 3 atom stereocenters. The van der Waals surface area contributed by atoms with Gasteiger partial charge < -0.3 is 20.3 Å². The molecule has 336 valence electrons. The van der Waals surface area contributed by atoms with Crippen LogP contribution in [0.5, 0.6) is 0 Å². The Labute approximate surface area is 358 Å². The Hall–Kier alpha value is -2.44. The Morgan fingerprint density at radius 2 is 0.897 bits per heavy atom. The van der Waals surface area contributed by atoms with Gasteiger partial charge in [0.25, 0.3) is 0 Å². The second kappa shape index (κ2) is 45.6. The molecule has 0 aliphatic heterocycles. The number of rotatable bonds is 43. The first-order valence-electron chi connectivity index (χ1n) is 24.5. The van der Waals surface area contributed by atoms with Gasteiger partial charge in [0.2, 0.25) is 5.91 Å². The highest BCUT2D eigenvalue weighted by Crippen LogP contribution is 2.17. The molecule has 0 aromatic rings. The summed E-state index contributed by atoms with van der Waals surface area (Å²) in [6, 6.07) is -0.714. The molecule has 0 aliphatic carbocycles. The molecule has 0 spiro atoms. The standard InChI is InChI=1S/C52H93NO5/c1-4-7-10-13-16-19-22-24-25-26-27-30-33-36-39-42-45-52(57)58-48(43-40-37-34-31-28-21-18-15-12-9-6-3)46-51(56)53-49(47-54)50(55)44-41-38-35-32-29-23-20-17-14-11-8-5-2/h7,10,16,19,24-25,27,30,36,39,48-50,54-55H,4-6,8-9,11-15,17-18,20-23,26,28-29,31-35,37-38,40-47H2,1-3H3,(H,53,56)/b10-7+,19-16+,25-24+,30-27+,39-36+. The van der Waals surface area contributed by atoms with Gasteiger partial charge in [-0.05, 0) is 57.8 Å². The number of unbranched alkanes of at least 4 members (excludes halogenated alkanes) is 21. The molecule has 0 saturated heterocycles. The molecule has 6 nitrogen and oxygen atoms in total. The van der Waals surface area contributed by atoms with E-state index in [1.807, 2.05) is 6.08 Å². The Morgan fingerprint density at radius 3 is 1.31 bits per heavy atom. The first-order chi connectivity index (χ1) is 28.5. The molecular weight excluding hydrogens is 719 g/mol. The summed E-state index contributed by atoms with van der Waals surface area (Å²) in [6.45, 7) is 6.34. The van der Waals surface area contributed by atoms with E-state index in [1.165, 1.54) is 109 Å². The third kappa shape index (κ3) is 40.3. The highest BCUT2D eigenvalue weighted by molar-refractivity contribution is 5.77. The normalized spacial score (nSPS) is 13.8. The van der Waals surface area contributed by atoms with Crippen molar-refractivity contribution in [3.05, 3.63) is 60.8 Å². The molecule has 3 unspecified atom stereocenters. The minimum Gasteiger partial charge on any atom is -0.462 e. The molecule has 0 saturated carbocycles. The van der Waals surface area contributed by atoms with Crippen LogP contribution in [0.15, 0.2) is 60.8 Å². The van der Waals surface area contributed by atoms with Gasteiger partial charge in [-0.2, -0.15) is 0 Å². The second-order valence-electron chi connectivity index (χ2n) is 16.5. The number of allylic oxidation sites excluding steroid dienone is 10. The number of hydrogen-bond donors (Lipinski definition) is 3. The lowest BCUT2D eigenvalue weighted by Gasteiger charge is -2.24. The molecule has 0 rings (SSSR count). The van der Waals surface area contributed by atoms with E-state index in [-0.39, 0.29) is 31.3 Å². The van der Waals surface area contributed by atoms with Crippen LogP contribution in [-0.4, -0.2) is 46.9 Å². The van der Waals surface area contributed by atoms with E-state index in [2.05, 4.69) is 80.8 Å². The zero-order chi connectivity index (χ0) is 42.4. The fourth-order valence-corrected chi connectivity index (χ4v) is 7.19. The maximum absolute atomic E-state index is 13.2. The van der Waals surface area contributed by atoms with Gasteiger partial charge in [-0.25, -0.2) is 0 Å². The van der Waals surface area contributed by atoms with Crippen LogP contribution in [-0.2, 0) is 14.3 Å². The summed E-state index contributed by atoms with van der Waals surface area (Å²) in [7, 11) is 0. The summed E-state index contributed by atoms with van der Waals surface area (Å²) in [6.07, 6.45) is 55.7. The third-order valence-corrected chi connectivity index (χ3v) is 10.9. The van der Waals surface area contributed by atoms with Crippen molar-refractivity contribution in [2.75, 3.05) is 6.61 Å². The lowest BCUT2D eigenvalue weighted by atomic mass is 10.0. The predicted octanol–water partition coefficient (Wildman–Crippen LogP) is 14.5. The van der Waals surface area contributed by atoms with Crippen LogP contribution in [0, 0.1) is 0 Å². The smallest absolute Gasteiger partial charge is 0.306 e. The van der Waals surface area contributed by atoms with Gasteiger partial charge in [0, 0.05) is 6.42 Å². The lowest BCUT2D eigenvalue weighted by Crippen LogP contribution is -2.46. The largest absolute Gasteiger partial charge is 0.462 e. The first-order valence-corrected chi connectivity index (χ1v) is 24.5. The molecule has 0 aliphatic rings. The van der Waals surface area contributed by atoms with Crippen molar-refractivity contribution < 1.29 is 24.5 Å². The van der Waals surface area contributed by atoms with Crippen molar-refractivity contribution in [2.45, 2.75) is 251 Å². The maximum atomic E-state index is 13.2. The van der Waals surface area contributed by atoms with E-state index in [1.54, 1.807) is 0 Å². The van der Waals surface area contributed by atoms with E-state index in [0.29, 0.717) is 19.3 Å². The molecule has 0 fully saturated rings. The Balaban J connectivity index is 4.66. The molecule has 0 aromatic heterocycles. The summed E-state index contributed by atoms with van der Waals surface area (Å²) < 4.78 is 5.87. The average molecular weight is 812 g/mol. The molecular formula is C52H93NO5. The zero-order valence-electron chi connectivity index (χ0n) is 38.2. The number of aliphatic hydroxyl groups is 2. The van der Waals surface area contributed by atoms with Crippen LogP contribution in [0.1, 0.15) is 233 Å². The fourth-order valence-electron chi connectivity index (χ4n) is 7.19. The lowest BCUT2D eigenvalue weighted by molar-refractivity contribution is -0.150. The SMILES string of the molecule is CC/C=C/C/C=C/C/C=C/C/C=C/C/C=C/CCC(=O)OC(CCCCCCCCCCCCC)CC(=O)NC(CO)C(O)CCCCCCCCCCCCCC. The average Bonchev–Trinajstić information content (AvgIpc) is 3.22. The molecule has 58 heavy (non-hydrogen) atoms. The highest BCUT2D eigenvalue weighted by Gasteiger charge is 2.24. The Morgan fingerprint density at radius 1 is 0.517 bits per heavy atom. The summed E-state index contributed by atoms with van der Waals surface area (Å²) in [5.74, 6) is -0.571. The minimum atomic E-state index is -0.798. The van der Waals surface area contributed by atoms with Gasteiger partial charge in [-0.3, -0.25) is 9.59 Å². The van der Waals surface area contributed by atoms with Crippen LogP contribution in [0.3, 0.4) is 0 Å². The minimum absolute atomic E-state index is 0.0486. The summed E-state index contributed by atoms with van der Waals surface area (Å²) in [5.41, 5.74) is 0. The number of aliphatic hydroxyl groups excluding tert-OH is 2. The summed E-state index contributed by atoms with van der Waals surface area (Å²) >= 11 is 0. The van der Waals surface area contributed by atoms with Crippen molar-refractivity contribution in [1.29, 1.82) is 0 Å². The molecule has 0 aromatic carbocycles. The Bertz CT molecular complexity index is 1050.